The first-order valence-electron chi connectivity index (χ1n) is 7.76. The number of hydrazone groups is 1. The Balaban J connectivity index is 1.86. The summed E-state index contributed by atoms with van der Waals surface area (Å²) in [5.74, 6) is -0.371. The van der Waals surface area contributed by atoms with Gasteiger partial charge in [0.2, 0.25) is 5.91 Å². The fourth-order valence-electron chi connectivity index (χ4n) is 2.57. The van der Waals surface area contributed by atoms with Crippen molar-refractivity contribution in [2.24, 2.45) is 5.10 Å². The average molecular weight is 322 g/mol. The molecular weight excluding hydrogens is 304 g/mol. The van der Waals surface area contributed by atoms with Crippen molar-refractivity contribution in [3.8, 4) is 0 Å². The first kappa shape index (κ1) is 15.9. The summed E-state index contributed by atoms with van der Waals surface area (Å²) in [5, 5.41) is 8.28. The number of aromatic nitrogens is 1. The van der Waals surface area contributed by atoms with E-state index in [1.807, 2.05) is 48.5 Å². The molecule has 0 fully saturated rings. The smallest absolute Gasteiger partial charge is 0.268 e. The number of carbonyl (C=O) groups excluding carboxylic acids is 2. The summed E-state index contributed by atoms with van der Waals surface area (Å²) in [6.07, 6.45) is 2.34. The van der Waals surface area contributed by atoms with Gasteiger partial charge in [0.15, 0.2) is 0 Å². The highest BCUT2D eigenvalue weighted by atomic mass is 16.2. The molecule has 2 aromatic rings. The van der Waals surface area contributed by atoms with Gasteiger partial charge < -0.3 is 5.32 Å². The fraction of sp³-hybridized carbons (Fsp3) is 0.222. The Morgan fingerprint density at radius 3 is 2.54 bits per heavy atom. The molecule has 1 aliphatic heterocycles. The molecule has 2 amide bonds. The molecule has 0 bridgehead atoms. The maximum atomic E-state index is 12.6. The minimum absolute atomic E-state index is 0.0871. The summed E-state index contributed by atoms with van der Waals surface area (Å²) < 4.78 is 0. The highest BCUT2D eigenvalue weighted by molar-refractivity contribution is 6.39. The van der Waals surface area contributed by atoms with Crippen LogP contribution in [0.5, 0.6) is 0 Å². The minimum Gasteiger partial charge on any atom is -0.338 e. The molecule has 2 heterocycles. The number of hydrogen-bond donors (Lipinski definition) is 1. The Morgan fingerprint density at radius 1 is 1.12 bits per heavy atom. The number of carbonyl (C=O) groups is 2. The third-order valence-corrected chi connectivity index (χ3v) is 3.86. The van der Waals surface area contributed by atoms with Crippen LogP contribution in [0.25, 0.3) is 0 Å². The van der Waals surface area contributed by atoms with Crippen LogP contribution in [0.15, 0.2) is 59.8 Å². The second kappa shape index (κ2) is 7.04. The normalized spacial score (nSPS) is 15.6. The van der Waals surface area contributed by atoms with Gasteiger partial charge in [0.05, 0.1) is 11.7 Å². The lowest BCUT2D eigenvalue weighted by molar-refractivity contribution is -0.130. The predicted molar refractivity (Wildman–Crippen MR) is 90.1 cm³/mol. The summed E-state index contributed by atoms with van der Waals surface area (Å²) >= 11 is 0. The highest BCUT2D eigenvalue weighted by Gasteiger charge is 2.25. The number of nitrogens with one attached hydrogen (secondary N) is 1. The van der Waals surface area contributed by atoms with E-state index in [-0.39, 0.29) is 17.9 Å². The minimum atomic E-state index is -0.370. The lowest BCUT2D eigenvalue weighted by atomic mass is 10.0. The molecule has 0 saturated carbocycles. The molecular formula is C18H18N4O2. The average Bonchev–Trinajstić information content (AvgIpc) is 2.63. The number of rotatable bonds is 4. The molecule has 6 nitrogen and oxygen atoms in total. The Morgan fingerprint density at radius 2 is 1.88 bits per heavy atom. The number of amides is 2. The van der Waals surface area contributed by atoms with Gasteiger partial charge in [-0.25, -0.2) is 5.01 Å². The molecule has 0 aliphatic carbocycles. The molecule has 1 atom stereocenters. The van der Waals surface area contributed by atoms with Gasteiger partial charge in [-0.2, -0.15) is 5.10 Å². The molecule has 1 N–H and O–H groups in total. The van der Waals surface area contributed by atoms with Crippen LogP contribution in [0.1, 0.15) is 30.1 Å². The molecule has 1 aliphatic rings. The molecule has 1 aromatic carbocycles. The molecule has 0 radical (unpaired) electrons. The number of pyridine rings is 1. The Labute approximate surface area is 140 Å². The van der Waals surface area contributed by atoms with Crippen molar-refractivity contribution in [3.05, 3.63) is 66.0 Å². The lowest BCUT2D eigenvalue weighted by Crippen LogP contribution is -2.39. The van der Waals surface area contributed by atoms with Crippen molar-refractivity contribution in [3.63, 3.8) is 0 Å². The standard InChI is InChI=1S/C18H18N4O2/c1-22-16(23)11-10-15(21-22)18(24)20-17(13-7-3-2-4-8-13)14-9-5-6-12-19-14/h2-9,12,17H,10-11H2,1H3,(H,20,24). The second-order valence-electron chi connectivity index (χ2n) is 5.54. The van der Waals surface area contributed by atoms with Crippen LogP contribution in [0, 0.1) is 0 Å². The summed E-state index contributed by atoms with van der Waals surface area (Å²) in [6.45, 7) is 0. The summed E-state index contributed by atoms with van der Waals surface area (Å²) in [6, 6.07) is 14.9. The number of hydrogen-bond acceptors (Lipinski definition) is 4. The maximum Gasteiger partial charge on any atom is 0.268 e. The van der Waals surface area contributed by atoms with Crippen LogP contribution < -0.4 is 5.32 Å². The number of nitrogens with zero attached hydrogens (tertiary/aromatic N) is 3. The van der Waals surface area contributed by atoms with Crippen LogP contribution in [-0.2, 0) is 9.59 Å². The molecule has 1 aromatic heterocycles. The van der Waals surface area contributed by atoms with Crippen LogP contribution in [0.3, 0.4) is 0 Å². The zero-order valence-electron chi connectivity index (χ0n) is 13.3. The summed E-state index contributed by atoms with van der Waals surface area (Å²) in [7, 11) is 1.56. The van der Waals surface area contributed by atoms with E-state index in [0.29, 0.717) is 18.6 Å². The lowest BCUT2D eigenvalue weighted by Gasteiger charge is -2.22. The van der Waals surface area contributed by atoms with Crippen LogP contribution >= 0.6 is 0 Å². The monoisotopic (exact) mass is 322 g/mol. The van der Waals surface area contributed by atoms with Crippen molar-refractivity contribution in [2.75, 3.05) is 7.05 Å². The molecule has 1 unspecified atom stereocenters. The molecule has 6 heteroatoms. The van der Waals surface area contributed by atoms with Crippen molar-refractivity contribution in [1.29, 1.82) is 0 Å². The molecule has 24 heavy (non-hydrogen) atoms. The third-order valence-electron chi connectivity index (χ3n) is 3.86. The SMILES string of the molecule is CN1N=C(C(=O)NC(c2ccccc2)c2ccccn2)CCC1=O. The van der Waals surface area contributed by atoms with Crippen LogP contribution in [-0.4, -0.2) is 34.6 Å². The molecule has 0 spiro atoms. The van der Waals surface area contributed by atoms with E-state index in [9.17, 15) is 9.59 Å². The molecule has 122 valence electrons. The predicted octanol–water partition coefficient (Wildman–Crippen LogP) is 1.90. The van der Waals surface area contributed by atoms with Gasteiger partial charge in [0.25, 0.3) is 5.91 Å². The van der Waals surface area contributed by atoms with Gasteiger partial charge >= 0.3 is 0 Å². The Bertz CT molecular complexity index is 720. The van der Waals surface area contributed by atoms with Crippen LogP contribution in [0.2, 0.25) is 0 Å². The first-order valence-corrected chi connectivity index (χ1v) is 7.76. The van der Waals surface area contributed by atoms with E-state index < -0.39 is 0 Å². The van der Waals surface area contributed by atoms with Gasteiger partial charge in [-0.3, -0.25) is 14.6 Å². The second-order valence-corrected chi connectivity index (χ2v) is 5.54. The largest absolute Gasteiger partial charge is 0.338 e. The highest BCUT2D eigenvalue weighted by Crippen LogP contribution is 2.20. The topological polar surface area (TPSA) is 74.7 Å². The van der Waals surface area contributed by atoms with Gasteiger partial charge in [-0.1, -0.05) is 36.4 Å². The Hall–Kier alpha value is -3.02. The maximum absolute atomic E-state index is 12.6. The third kappa shape index (κ3) is 3.48. The van der Waals surface area contributed by atoms with Gasteiger partial charge in [0, 0.05) is 26.1 Å². The number of benzene rings is 1. The quantitative estimate of drug-likeness (QED) is 0.934. The fourth-order valence-corrected chi connectivity index (χ4v) is 2.57. The summed E-state index contributed by atoms with van der Waals surface area (Å²) in [5.41, 5.74) is 2.04. The van der Waals surface area contributed by atoms with Crippen molar-refractivity contribution in [1.82, 2.24) is 15.3 Å². The van der Waals surface area contributed by atoms with E-state index in [1.54, 1.807) is 13.2 Å². The Kier molecular flexibility index (Phi) is 4.65. The van der Waals surface area contributed by atoms with Gasteiger partial charge in [0.1, 0.15) is 5.71 Å². The van der Waals surface area contributed by atoms with Gasteiger partial charge in [-0.15, -0.1) is 0 Å². The molecule has 0 saturated heterocycles. The summed E-state index contributed by atoms with van der Waals surface area (Å²) in [4.78, 5) is 28.5. The molecule has 3 rings (SSSR count). The van der Waals surface area contributed by atoms with E-state index in [2.05, 4.69) is 15.4 Å². The van der Waals surface area contributed by atoms with E-state index in [1.165, 1.54) is 5.01 Å². The van der Waals surface area contributed by atoms with Crippen molar-refractivity contribution >= 4 is 17.5 Å². The van der Waals surface area contributed by atoms with Crippen molar-refractivity contribution in [2.45, 2.75) is 18.9 Å². The zero-order valence-corrected chi connectivity index (χ0v) is 13.3. The zero-order chi connectivity index (χ0) is 16.9. The van der Waals surface area contributed by atoms with E-state index in [4.69, 9.17) is 0 Å². The van der Waals surface area contributed by atoms with Crippen LogP contribution in [0.4, 0.5) is 0 Å². The van der Waals surface area contributed by atoms with Gasteiger partial charge in [-0.05, 0) is 17.7 Å². The van der Waals surface area contributed by atoms with E-state index >= 15 is 0 Å². The first-order chi connectivity index (χ1) is 11.6. The van der Waals surface area contributed by atoms with Crippen molar-refractivity contribution < 1.29 is 9.59 Å². The van der Waals surface area contributed by atoms with E-state index in [0.717, 1.165) is 11.3 Å².